The monoisotopic (exact) mass is 257 g/mol. The summed E-state index contributed by atoms with van der Waals surface area (Å²) in [4.78, 5) is 0. The number of furan rings is 1. The van der Waals surface area contributed by atoms with Crippen LogP contribution >= 0.6 is 0 Å². The van der Waals surface area contributed by atoms with Gasteiger partial charge in [0.25, 0.3) is 0 Å². The summed E-state index contributed by atoms with van der Waals surface area (Å²) < 4.78 is 6.06. The van der Waals surface area contributed by atoms with E-state index >= 15 is 0 Å². The minimum atomic E-state index is 0.582. The van der Waals surface area contributed by atoms with Crippen molar-refractivity contribution in [3.8, 4) is 0 Å². The van der Waals surface area contributed by atoms with Crippen LogP contribution in [0.2, 0.25) is 0 Å². The molecule has 1 fully saturated rings. The number of hydrogen-bond donors (Lipinski definition) is 1. The smallest absolute Gasteiger partial charge is 0.134 e. The molecule has 0 radical (unpaired) electrons. The Morgan fingerprint density at radius 1 is 1.21 bits per heavy atom. The zero-order chi connectivity index (χ0) is 13.1. The fourth-order valence-corrected chi connectivity index (χ4v) is 3.30. The fraction of sp³-hybridized carbons (Fsp3) is 0.529. The van der Waals surface area contributed by atoms with Crippen LogP contribution in [0.1, 0.15) is 50.7 Å². The molecule has 2 unspecified atom stereocenters. The summed E-state index contributed by atoms with van der Waals surface area (Å²) in [5, 5.41) is 4.85. The number of rotatable bonds is 3. The van der Waals surface area contributed by atoms with Gasteiger partial charge in [-0.15, -0.1) is 0 Å². The molecule has 1 aliphatic carbocycles. The Labute approximate surface area is 115 Å². The predicted molar refractivity (Wildman–Crippen MR) is 79.5 cm³/mol. The molecule has 2 nitrogen and oxygen atoms in total. The maximum atomic E-state index is 6.06. The molecule has 1 saturated carbocycles. The molecule has 0 amide bonds. The van der Waals surface area contributed by atoms with Crippen LogP contribution in [0.4, 0.5) is 0 Å². The van der Waals surface area contributed by atoms with Gasteiger partial charge >= 0.3 is 0 Å². The van der Waals surface area contributed by atoms with E-state index in [2.05, 4.69) is 36.5 Å². The molecular weight excluding hydrogens is 234 g/mol. The molecule has 0 bridgehead atoms. The summed E-state index contributed by atoms with van der Waals surface area (Å²) in [6.45, 7) is 3.26. The molecule has 1 aromatic carbocycles. The van der Waals surface area contributed by atoms with Crippen LogP contribution in [0, 0.1) is 0 Å². The molecule has 2 atom stereocenters. The van der Waals surface area contributed by atoms with E-state index in [0.29, 0.717) is 12.0 Å². The highest BCUT2D eigenvalue weighted by Gasteiger charge is 2.23. The van der Waals surface area contributed by atoms with Gasteiger partial charge in [-0.2, -0.15) is 0 Å². The second kappa shape index (κ2) is 5.79. The van der Waals surface area contributed by atoms with Crippen molar-refractivity contribution in [3.63, 3.8) is 0 Å². The largest absolute Gasteiger partial charge is 0.461 e. The lowest BCUT2D eigenvalue weighted by Gasteiger charge is -2.19. The van der Waals surface area contributed by atoms with E-state index in [0.717, 1.165) is 12.1 Å². The third-order valence-corrected chi connectivity index (χ3v) is 4.26. The van der Waals surface area contributed by atoms with E-state index in [4.69, 9.17) is 4.42 Å². The summed E-state index contributed by atoms with van der Waals surface area (Å²) in [5.74, 6) is 1.77. The minimum Gasteiger partial charge on any atom is -0.461 e. The van der Waals surface area contributed by atoms with E-state index < -0.39 is 0 Å². The van der Waals surface area contributed by atoms with Gasteiger partial charge in [-0.05, 0) is 37.9 Å². The van der Waals surface area contributed by atoms with E-state index in [-0.39, 0.29) is 0 Å². The van der Waals surface area contributed by atoms with Crippen LogP contribution < -0.4 is 5.32 Å². The Morgan fingerprint density at radius 3 is 2.89 bits per heavy atom. The molecule has 0 aliphatic heterocycles. The van der Waals surface area contributed by atoms with E-state index in [1.165, 1.54) is 43.3 Å². The first kappa shape index (κ1) is 12.7. The molecular formula is C17H23NO. The standard InChI is InChI=1S/C17H23NO/c1-2-18-15-9-5-3-7-13(11-15)17-12-14-8-4-6-10-16(14)19-17/h4,6,8,10,12-13,15,18H,2-3,5,7,9,11H2,1H3. The van der Waals surface area contributed by atoms with Crippen LogP contribution in [0.25, 0.3) is 11.0 Å². The lowest BCUT2D eigenvalue weighted by Crippen LogP contribution is -2.29. The molecule has 1 aromatic heterocycles. The first-order valence-electron chi connectivity index (χ1n) is 7.58. The van der Waals surface area contributed by atoms with Crippen molar-refractivity contribution in [1.29, 1.82) is 0 Å². The van der Waals surface area contributed by atoms with Gasteiger partial charge in [0.1, 0.15) is 11.3 Å². The van der Waals surface area contributed by atoms with Crippen LogP contribution in [-0.2, 0) is 0 Å². The molecule has 3 rings (SSSR count). The fourth-order valence-electron chi connectivity index (χ4n) is 3.30. The summed E-state index contributed by atoms with van der Waals surface area (Å²) >= 11 is 0. The Hall–Kier alpha value is -1.28. The second-order valence-electron chi connectivity index (χ2n) is 5.66. The summed E-state index contributed by atoms with van der Waals surface area (Å²) in [6, 6.07) is 11.2. The molecule has 0 spiro atoms. The number of benzene rings is 1. The Balaban J connectivity index is 1.82. The Kier molecular flexibility index (Phi) is 3.88. The molecule has 102 valence electrons. The van der Waals surface area contributed by atoms with Crippen molar-refractivity contribution in [2.75, 3.05) is 6.54 Å². The average Bonchev–Trinajstić information content (AvgIpc) is 2.72. The summed E-state index contributed by atoms with van der Waals surface area (Å²) in [6.07, 6.45) is 6.46. The normalized spacial score (nSPS) is 24.5. The zero-order valence-electron chi connectivity index (χ0n) is 11.7. The van der Waals surface area contributed by atoms with E-state index in [1.807, 2.05) is 6.07 Å². The number of para-hydroxylation sites is 1. The number of fused-ring (bicyclic) bond motifs is 1. The van der Waals surface area contributed by atoms with Gasteiger partial charge < -0.3 is 9.73 Å². The molecule has 19 heavy (non-hydrogen) atoms. The molecule has 2 aromatic rings. The third kappa shape index (κ3) is 2.84. The highest BCUT2D eigenvalue weighted by molar-refractivity contribution is 5.77. The van der Waals surface area contributed by atoms with Crippen molar-refractivity contribution in [3.05, 3.63) is 36.1 Å². The second-order valence-corrected chi connectivity index (χ2v) is 5.66. The van der Waals surface area contributed by atoms with Gasteiger partial charge in [0.05, 0.1) is 0 Å². The van der Waals surface area contributed by atoms with E-state index in [1.54, 1.807) is 0 Å². The van der Waals surface area contributed by atoms with Gasteiger partial charge in [-0.25, -0.2) is 0 Å². The molecule has 1 aliphatic rings. The highest BCUT2D eigenvalue weighted by atomic mass is 16.3. The van der Waals surface area contributed by atoms with Gasteiger partial charge in [-0.1, -0.05) is 38.0 Å². The topological polar surface area (TPSA) is 25.2 Å². The average molecular weight is 257 g/mol. The quantitative estimate of drug-likeness (QED) is 0.821. The van der Waals surface area contributed by atoms with Gasteiger partial charge in [0, 0.05) is 17.3 Å². The molecule has 2 heteroatoms. The van der Waals surface area contributed by atoms with Gasteiger partial charge in [0.15, 0.2) is 0 Å². The first-order valence-corrected chi connectivity index (χ1v) is 7.58. The maximum Gasteiger partial charge on any atom is 0.134 e. The van der Waals surface area contributed by atoms with Gasteiger partial charge in [0.2, 0.25) is 0 Å². The number of hydrogen-bond acceptors (Lipinski definition) is 2. The third-order valence-electron chi connectivity index (χ3n) is 4.26. The molecule has 1 heterocycles. The Morgan fingerprint density at radius 2 is 2.05 bits per heavy atom. The molecule has 1 N–H and O–H groups in total. The van der Waals surface area contributed by atoms with Crippen molar-refractivity contribution in [2.24, 2.45) is 0 Å². The first-order chi connectivity index (χ1) is 9.36. The van der Waals surface area contributed by atoms with E-state index in [9.17, 15) is 0 Å². The van der Waals surface area contributed by atoms with Crippen LogP contribution in [0.15, 0.2) is 34.7 Å². The van der Waals surface area contributed by atoms with Crippen molar-refractivity contribution >= 4 is 11.0 Å². The Bertz CT molecular complexity index is 498. The SMILES string of the molecule is CCNC1CCCCC(c2cc3ccccc3o2)C1. The van der Waals surface area contributed by atoms with Crippen LogP contribution in [0.3, 0.4) is 0 Å². The lowest BCUT2D eigenvalue weighted by atomic mass is 9.95. The summed E-state index contributed by atoms with van der Waals surface area (Å²) in [5.41, 5.74) is 1.03. The van der Waals surface area contributed by atoms with Crippen molar-refractivity contribution in [2.45, 2.75) is 51.0 Å². The maximum absolute atomic E-state index is 6.06. The summed E-state index contributed by atoms with van der Waals surface area (Å²) in [7, 11) is 0. The highest BCUT2D eigenvalue weighted by Crippen LogP contribution is 2.34. The zero-order valence-corrected chi connectivity index (χ0v) is 11.7. The van der Waals surface area contributed by atoms with Crippen LogP contribution in [-0.4, -0.2) is 12.6 Å². The number of nitrogens with one attached hydrogen (secondary N) is 1. The lowest BCUT2D eigenvalue weighted by molar-refractivity contribution is 0.407. The van der Waals surface area contributed by atoms with Gasteiger partial charge in [-0.3, -0.25) is 0 Å². The van der Waals surface area contributed by atoms with Crippen molar-refractivity contribution in [1.82, 2.24) is 5.32 Å². The van der Waals surface area contributed by atoms with Crippen LogP contribution in [0.5, 0.6) is 0 Å². The molecule has 0 saturated heterocycles. The minimum absolute atomic E-state index is 0.582. The van der Waals surface area contributed by atoms with Crippen molar-refractivity contribution < 1.29 is 4.42 Å². The predicted octanol–water partition coefficient (Wildman–Crippen LogP) is 4.46.